The zero-order valence-corrected chi connectivity index (χ0v) is 12.3. The Balaban J connectivity index is 2.18. The topological polar surface area (TPSA) is 70.2 Å². The van der Waals surface area contributed by atoms with Gasteiger partial charge in [0.05, 0.1) is 6.54 Å². The summed E-state index contributed by atoms with van der Waals surface area (Å²) in [6, 6.07) is 0.00548. The molecule has 1 fully saturated rings. The molecule has 1 saturated carbocycles. The number of hydrogen-bond donors (Lipinski definition) is 3. The van der Waals surface area contributed by atoms with Crippen molar-refractivity contribution < 1.29 is 9.59 Å². The van der Waals surface area contributed by atoms with E-state index < -0.39 is 0 Å². The Bertz CT molecular complexity index is 305. The Hall–Kier alpha value is -1.26. The lowest BCUT2D eigenvalue weighted by Crippen LogP contribution is -2.48. The minimum atomic E-state index is -0.238. The maximum absolute atomic E-state index is 11.7. The number of rotatable bonds is 5. The second kappa shape index (κ2) is 8.02. The smallest absolute Gasteiger partial charge is 0.315 e. The number of carbonyl (C=O) groups is 2. The van der Waals surface area contributed by atoms with E-state index in [9.17, 15) is 9.59 Å². The SMILES string of the molecule is CC(C)CNC(=O)CNC(=O)NC1CCCCC1C. The first kappa shape index (κ1) is 15.8. The normalized spacial score (nSPS) is 22.9. The Morgan fingerprint density at radius 2 is 1.84 bits per heavy atom. The Morgan fingerprint density at radius 3 is 2.47 bits per heavy atom. The third-order valence-electron chi connectivity index (χ3n) is 3.54. The molecule has 0 saturated heterocycles. The predicted octanol–water partition coefficient (Wildman–Crippen LogP) is 1.64. The minimum absolute atomic E-state index is 0.0413. The molecule has 19 heavy (non-hydrogen) atoms. The van der Waals surface area contributed by atoms with Crippen molar-refractivity contribution in [3.63, 3.8) is 0 Å². The Labute approximate surface area is 115 Å². The number of amides is 3. The van der Waals surface area contributed by atoms with Crippen LogP contribution >= 0.6 is 0 Å². The summed E-state index contributed by atoms with van der Waals surface area (Å²) >= 11 is 0. The van der Waals surface area contributed by atoms with E-state index in [0.717, 1.165) is 6.42 Å². The number of nitrogens with one attached hydrogen (secondary N) is 3. The van der Waals surface area contributed by atoms with Gasteiger partial charge < -0.3 is 16.0 Å². The quantitative estimate of drug-likeness (QED) is 0.710. The third kappa shape index (κ3) is 6.45. The summed E-state index contributed by atoms with van der Waals surface area (Å²) in [7, 11) is 0. The zero-order valence-electron chi connectivity index (χ0n) is 12.3. The monoisotopic (exact) mass is 269 g/mol. The van der Waals surface area contributed by atoms with Gasteiger partial charge in [-0.1, -0.05) is 33.6 Å². The summed E-state index contributed by atoms with van der Waals surface area (Å²) in [5.41, 5.74) is 0. The van der Waals surface area contributed by atoms with Crippen molar-refractivity contribution in [2.75, 3.05) is 13.1 Å². The molecule has 1 rings (SSSR count). The number of hydrogen-bond acceptors (Lipinski definition) is 2. The molecule has 0 aromatic carbocycles. The molecule has 1 aliphatic carbocycles. The second-order valence-electron chi connectivity index (χ2n) is 5.89. The standard InChI is InChI=1S/C14H27N3O2/c1-10(2)8-15-13(18)9-16-14(19)17-12-7-5-4-6-11(12)3/h10-12H,4-9H2,1-3H3,(H,15,18)(H2,16,17,19). The average Bonchev–Trinajstić information content (AvgIpc) is 2.36. The van der Waals surface area contributed by atoms with Crippen LogP contribution in [-0.2, 0) is 4.79 Å². The predicted molar refractivity (Wildman–Crippen MR) is 75.8 cm³/mol. The highest BCUT2D eigenvalue weighted by atomic mass is 16.2. The van der Waals surface area contributed by atoms with Crippen LogP contribution in [0.3, 0.4) is 0 Å². The van der Waals surface area contributed by atoms with Crippen LogP contribution in [0.15, 0.2) is 0 Å². The third-order valence-corrected chi connectivity index (χ3v) is 3.54. The van der Waals surface area contributed by atoms with Gasteiger partial charge in [-0.05, 0) is 24.7 Å². The molecule has 0 heterocycles. The van der Waals surface area contributed by atoms with E-state index in [0.29, 0.717) is 18.4 Å². The lowest BCUT2D eigenvalue weighted by atomic mass is 9.86. The molecule has 110 valence electrons. The molecule has 5 nitrogen and oxygen atoms in total. The molecule has 0 bridgehead atoms. The molecular weight excluding hydrogens is 242 g/mol. The van der Waals surface area contributed by atoms with Crippen molar-refractivity contribution in [2.24, 2.45) is 11.8 Å². The highest BCUT2D eigenvalue weighted by molar-refractivity contribution is 5.83. The van der Waals surface area contributed by atoms with E-state index in [4.69, 9.17) is 0 Å². The first-order valence-corrected chi connectivity index (χ1v) is 7.30. The largest absolute Gasteiger partial charge is 0.354 e. The van der Waals surface area contributed by atoms with Crippen molar-refractivity contribution >= 4 is 11.9 Å². The molecule has 0 radical (unpaired) electrons. The molecule has 5 heteroatoms. The van der Waals surface area contributed by atoms with Gasteiger partial charge in [-0.15, -0.1) is 0 Å². The van der Waals surface area contributed by atoms with Crippen molar-refractivity contribution in [3.8, 4) is 0 Å². The van der Waals surface area contributed by atoms with E-state index in [1.807, 2.05) is 13.8 Å². The van der Waals surface area contributed by atoms with Crippen molar-refractivity contribution in [2.45, 2.75) is 52.5 Å². The molecule has 3 amide bonds. The molecule has 0 aliphatic heterocycles. The fourth-order valence-electron chi connectivity index (χ4n) is 2.29. The van der Waals surface area contributed by atoms with Gasteiger partial charge in [0.2, 0.25) is 5.91 Å². The molecule has 2 unspecified atom stereocenters. The van der Waals surface area contributed by atoms with Crippen LogP contribution in [0.25, 0.3) is 0 Å². The molecular formula is C14H27N3O2. The van der Waals surface area contributed by atoms with E-state index in [1.165, 1.54) is 19.3 Å². The van der Waals surface area contributed by atoms with Crippen LogP contribution in [0.5, 0.6) is 0 Å². The van der Waals surface area contributed by atoms with Gasteiger partial charge >= 0.3 is 6.03 Å². The molecule has 3 N–H and O–H groups in total. The van der Waals surface area contributed by atoms with Crippen molar-refractivity contribution in [3.05, 3.63) is 0 Å². The number of urea groups is 1. The summed E-state index contributed by atoms with van der Waals surface area (Å²) in [6.07, 6.45) is 4.62. The summed E-state index contributed by atoms with van der Waals surface area (Å²) in [4.78, 5) is 23.2. The average molecular weight is 269 g/mol. The lowest BCUT2D eigenvalue weighted by molar-refractivity contribution is -0.120. The maximum Gasteiger partial charge on any atom is 0.315 e. The van der Waals surface area contributed by atoms with Crippen LogP contribution in [-0.4, -0.2) is 31.1 Å². The first-order chi connectivity index (χ1) is 8.99. The van der Waals surface area contributed by atoms with Gasteiger partial charge in [-0.3, -0.25) is 4.79 Å². The lowest BCUT2D eigenvalue weighted by Gasteiger charge is -2.29. The zero-order chi connectivity index (χ0) is 14.3. The first-order valence-electron chi connectivity index (χ1n) is 7.30. The fourth-order valence-corrected chi connectivity index (χ4v) is 2.29. The molecule has 0 aromatic heterocycles. The van der Waals surface area contributed by atoms with Gasteiger partial charge in [-0.25, -0.2) is 4.79 Å². The Morgan fingerprint density at radius 1 is 1.16 bits per heavy atom. The Kier molecular flexibility index (Phi) is 6.67. The van der Waals surface area contributed by atoms with Crippen molar-refractivity contribution in [1.82, 2.24) is 16.0 Å². The molecule has 0 spiro atoms. The van der Waals surface area contributed by atoms with E-state index in [1.54, 1.807) is 0 Å². The molecule has 2 atom stereocenters. The summed E-state index contributed by atoms with van der Waals surface area (Å²) < 4.78 is 0. The van der Waals surface area contributed by atoms with Crippen LogP contribution in [0, 0.1) is 11.8 Å². The van der Waals surface area contributed by atoms with E-state index in [2.05, 4.69) is 22.9 Å². The van der Waals surface area contributed by atoms with Gasteiger partial charge in [0, 0.05) is 12.6 Å². The van der Waals surface area contributed by atoms with Gasteiger partial charge in [0.15, 0.2) is 0 Å². The minimum Gasteiger partial charge on any atom is -0.354 e. The highest BCUT2D eigenvalue weighted by Gasteiger charge is 2.22. The van der Waals surface area contributed by atoms with E-state index in [-0.39, 0.29) is 24.5 Å². The van der Waals surface area contributed by atoms with Crippen LogP contribution in [0.1, 0.15) is 46.5 Å². The summed E-state index contributed by atoms with van der Waals surface area (Å²) in [6.45, 7) is 6.91. The van der Waals surface area contributed by atoms with Crippen molar-refractivity contribution in [1.29, 1.82) is 0 Å². The van der Waals surface area contributed by atoms with Gasteiger partial charge in [-0.2, -0.15) is 0 Å². The van der Waals surface area contributed by atoms with E-state index >= 15 is 0 Å². The number of carbonyl (C=O) groups excluding carboxylic acids is 2. The summed E-state index contributed by atoms with van der Waals surface area (Å²) in [5, 5.41) is 8.34. The highest BCUT2D eigenvalue weighted by Crippen LogP contribution is 2.23. The second-order valence-corrected chi connectivity index (χ2v) is 5.89. The molecule has 0 aromatic rings. The fraction of sp³-hybridized carbons (Fsp3) is 0.857. The maximum atomic E-state index is 11.7. The van der Waals surface area contributed by atoms with Crippen LogP contribution in [0.4, 0.5) is 4.79 Å². The van der Waals surface area contributed by atoms with Gasteiger partial charge in [0.1, 0.15) is 0 Å². The molecule has 1 aliphatic rings. The van der Waals surface area contributed by atoms with Crippen LogP contribution < -0.4 is 16.0 Å². The van der Waals surface area contributed by atoms with Crippen LogP contribution in [0.2, 0.25) is 0 Å². The summed E-state index contributed by atoms with van der Waals surface area (Å²) in [5.74, 6) is 0.802. The van der Waals surface area contributed by atoms with Gasteiger partial charge in [0.25, 0.3) is 0 Å².